The van der Waals surface area contributed by atoms with Crippen LogP contribution < -0.4 is 5.32 Å². The van der Waals surface area contributed by atoms with E-state index < -0.39 is 10.0 Å². The standard InChI is InChI=1S/C18H24N4O2S/c1-2-19-12-15-8-10-22(11-9-15)25(23,24)17-13-20-18(21-14-17)16-6-4-3-5-7-16/h3-7,13-15,19H,2,8-12H2,1H3. The van der Waals surface area contributed by atoms with Crippen molar-refractivity contribution >= 4 is 10.0 Å². The van der Waals surface area contributed by atoms with Crippen LogP contribution in [0.4, 0.5) is 0 Å². The van der Waals surface area contributed by atoms with Crippen molar-refractivity contribution in [1.82, 2.24) is 19.6 Å². The zero-order valence-electron chi connectivity index (χ0n) is 14.4. The molecule has 1 fully saturated rings. The summed E-state index contributed by atoms with van der Waals surface area (Å²) in [6, 6.07) is 9.53. The van der Waals surface area contributed by atoms with E-state index in [1.807, 2.05) is 30.3 Å². The Balaban J connectivity index is 1.69. The number of benzene rings is 1. The second-order valence-corrected chi connectivity index (χ2v) is 8.20. The number of hydrogen-bond donors (Lipinski definition) is 1. The van der Waals surface area contributed by atoms with Gasteiger partial charge in [0.2, 0.25) is 10.0 Å². The molecule has 7 heteroatoms. The summed E-state index contributed by atoms with van der Waals surface area (Å²) in [5, 5.41) is 3.34. The first kappa shape index (κ1) is 18.0. The molecule has 1 N–H and O–H groups in total. The van der Waals surface area contributed by atoms with Crippen LogP contribution in [0.1, 0.15) is 19.8 Å². The first-order chi connectivity index (χ1) is 12.1. The molecule has 1 aromatic heterocycles. The van der Waals surface area contributed by atoms with Crippen LogP contribution >= 0.6 is 0 Å². The second-order valence-electron chi connectivity index (χ2n) is 6.26. The van der Waals surface area contributed by atoms with Gasteiger partial charge in [-0.2, -0.15) is 4.31 Å². The highest BCUT2D eigenvalue weighted by Gasteiger charge is 2.29. The van der Waals surface area contributed by atoms with Crippen LogP contribution in [-0.4, -0.2) is 48.9 Å². The van der Waals surface area contributed by atoms with Gasteiger partial charge in [-0.1, -0.05) is 37.3 Å². The van der Waals surface area contributed by atoms with Crippen LogP contribution in [0.2, 0.25) is 0 Å². The van der Waals surface area contributed by atoms with Gasteiger partial charge < -0.3 is 5.32 Å². The summed E-state index contributed by atoms with van der Waals surface area (Å²) >= 11 is 0. The quantitative estimate of drug-likeness (QED) is 0.854. The number of rotatable bonds is 6. The summed E-state index contributed by atoms with van der Waals surface area (Å²) in [6.07, 6.45) is 4.59. The van der Waals surface area contributed by atoms with Gasteiger partial charge in [0, 0.05) is 18.7 Å². The molecular formula is C18H24N4O2S. The van der Waals surface area contributed by atoms with Crippen molar-refractivity contribution in [3.05, 3.63) is 42.7 Å². The molecule has 3 rings (SSSR count). The van der Waals surface area contributed by atoms with Crippen LogP contribution in [-0.2, 0) is 10.0 Å². The van der Waals surface area contributed by atoms with Crippen LogP contribution in [0.5, 0.6) is 0 Å². The monoisotopic (exact) mass is 360 g/mol. The van der Waals surface area contributed by atoms with Crippen LogP contribution in [0, 0.1) is 5.92 Å². The van der Waals surface area contributed by atoms with Crippen molar-refractivity contribution in [2.45, 2.75) is 24.7 Å². The summed E-state index contributed by atoms with van der Waals surface area (Å²) in [6.45, 7) is 5.10. The van der Waals surface area contributed by atoms with Crippen molar-refractivity contribution in [2.24, 2.45) is 5.92 Å². The van der Waals surface area contributed by atoms with Gasteiger partial charge in [-0.05, 0) is 31.8 Å². The number of nitrogens with one attached hydrogen (secondary N) is 1. The summed E-state index contributed by atoms with van der Waals surface area (Å²) in [5.74, 6) is 1.08. The Morgan fingerprint density at radius 3 is 2.36 bits per heavy atom. The highest BCUT2D eigenvalue weighted by Crippen LogP contribution is 2.23. The minimum atomic E-state index is -3.52. The van der Waals surface area contributed by atoms with Gasteiger partial charge in [-0.25, -0.2) is 18.4 Å². The van der Waals surface area contributed by atoms with E-state index in [0.29, 0.717) is 24.8 Å². The van der Waals surface area contributed by atoms with E-state index in [-0.39, 0.29) is 4.90 Å². The van der Waals surface area contributed by atoms with E-state index in [4.69, 9.17) is 0 Å². The molecule has 1 aliphatic heterocycles. The average Bonchev–Trinajstić information content (AvgIpc) is 2.67. The third kappa shape index (κ3) is 4.23. The lowest BCUT2D eigenvalue weighted by Gasteiger charge is -2.31. The number of piperidine rings is 1. The van der Waals surface area contributed by atoms with Crippen LogP contribution in [0.25, 0.3) is 11.4 Å². The van der Waals surface area contributed by atoms with Gasteiger partial charge in [0.1, 0.15) is 4.90 Å². The fourth-order valence-electron chi connectivity index (χ4n) is 3.04. The molecule has 1 saturated heterocycles. The first-order valence-corrected chi connectivity index (χ1v) is 10.1. The fraction of sp³-hybridized carbons (Fsp3) is 0.444. The molecule has 2 aromatic rings. The zero-order valence-corrected chi connectivity index (χ0v) is 15.2. The fourth-order valence-corrected chi connectivity index (χ4v) is 4.40. The highest BCUT2D eigenvalue weighted by atomic mass is 32.2. The molecule has 0 bridgehead atoms. The van der Waals surface area contributed by atoms with Crippen molar-refractivity contribution in [1.29, 1.82) is 0 Å². The summed E-state index contributed by atoms with van der Waals surface area (Å²) in [4.78, 5) is 8.64. The van der Waals surface area contributed by atoms with E-state index in [9.17, 15) is 8.42 Å². The molecule has 2 heterocycles. The SMILES string of the molecule is CCNCC1CCN(S(=O)(=O)c2cnc(-c3ccccc3)nc2)CC1. The third-order valence-corrected chi connectivity index (χ3v) is 6.41. The van der Waals surface area contributed by atoms with Gasteiger partial charge in [-0.3, -0.25) is 0 Å². The predicted molar refractivity (Wildman–Crippen MR) is 97.5 cm³/mol. The number of nitrogens with zero attached hydrogens (tertiary/aromatic N) is 3. The highest BCUT2D eigenvalue weighted by molar-refractivity contribution is 7.89. The van der Waals surface area contributed by atoms with Crippen LogP contribution in [0.15, 0.2) is 47.6 Å². The molecule has 0 aliphatic carbocycles. The Labute approximate surface area is 149 Å². The van der Waals surface area contributed by atoms with Crippen molar-refractivity contribution < 1.29 is 8.42 Å². The Bertz CT molecular complexity index is 770. The maximum atomic E-state index is 12.8. The number of aromatic nitrogens is 2. The van der Waals surface area contributed by atoms with E-state index in [0.717, 1.165) is 31.5 Å². The summed E-state index contributed by atoms with van der Waals surface area (Å²) < 4.78 is 27.1. The van der Waals surface area contributed by atoms with E-state index in [1.54, 1.807) is 4.31 Å². The lowest BCUT2D eigenvalue weighted by atomic mass is 9.98. The molecule has 0 unspecified atom stereocenters. The van der Waals surface area contributed by atoms with E-state index >= 15 is 0 Å². The van der Waals surface area contributed by atoms with Crippen molar-refractivity contribution in [3.63, 3.8) is 0 Å². The van der Waals surface area contributed by atoms with Gasteiger partial charge in [0.15, 0.2) is 5.82 Å². The van der Waals surface area contributed by atoms with Gasteiger partial charge >= 0.3 is 0 Å². The Hall–Kier alpha value is -1.83. The van der Waals surface area contributed by atoms with E-state index in [2.05, 4.69) is 22.2 Å². The third-order valence-electron chi connectivity index (χ3n) is 4.55. The molecule has 1 aliphatic rings. The van der Waals surface area contributed by atoms with E-state index in [1.165, 1.54) is 12.4 Å². The second kappa shape index (κ2) is 8.03. The number of hydrogen-bond acceptors (Lipinski definition) is 5. The maximum Gasteiger partial charge on any atom is 0.246 e. The first-order valence-electron chi connectivity index (χ1n) is 8.69. The maximum absolute atomic E-state index is 12.8. The molecule has 0 radical (unpaired) electrons. The topological polar surface area (TPSA) is 75.2 Å². The van der Waals surface area contributed by atoms with Crippen molar-refractivity contribution in [3.8, 4) is 11.4 Å². The number of sulfonamides is 1. The van der Waals surface area contributed by atoms with Gasteiger partial charge in [-0.15, -0.1) is 0 Å². The molecule has 25 heavy (non-hydrogen) atoms. The summed E-state index contributed by atoms with van der Waals surface area (Å²) in [7, 11) is -3.52. The Morgan fingerprint density at radius 2 is 1.76 bits per heavy atom. The lowest BCUT2D eigenvalue weighted by Crippen LogP contribution is -2.40. The largest absolute Gasteiger partial charge is 0.317 e. The molecule has 0 saturated carbocycles. The molecule has 0 atom stereocenters. The smallest absolute Gasteiger partial charge is 0.246 e. The molecule has 6 nitrogen and oxygen atoms in total. The predicted octanol–water partition coefficient (Wildman–Crippen LogP) is 2.15. The minimum Gasteiger partial charge on any atom is -0.317 e. The zero-order chi connectivity index (χ0) is 17.7. The van der Waals surface area contributed by atoms with Gasteiger partial charge in [0.05, 0.1) is 12.4 Å². The normalized spacial score (nSPS) is 16.8. The molecule has 0 amide bonds. The Kier molecular flexibility index (Phi) is 5.78. The Morgan fingerprint density at radius 1 is 1.12 bits per heavy atom. The molecule has 1 aromatic carbocycles. The molecular weight excluding hydrogens is 336 g/mol. The molecule has 134 valence electrons. The summed E-state index contributed by atoms with van der Waals surface area (Å²) in [5.41, 5.74) is 0.871. The minimum absolute atomic E-state index is 0.164. The van der Waals surface area contributed by atoms with Crippen molar-refractivity contribution in [2.75, 3.05) is 26.2 Å². The van der Waals surface area contributed by atoms with Gasteiger partial charge in [0.25, 0.3) is 0 Å². The van der Waals surface area contributed by atoms with Crippen LogP contribution in [0.3, 0.4) is 0 Å². The average molecular weight is 360 g/mol. The lowest BCUT2D eigenvalue weighted by molar-refractivity contribution is 0.268. The molecule has 0 spiro atoms.